The zero-order chi connectivity index (χ0) is 12.3. The first-order chi connectivity index (χ1) is 8.15. The van der Waals surface area contributed by atoms with Gasteiger partial charge >= 0.3 is 5.97 Å². The summed E-state index contributed by atoms with van der Waals surface area (Å²) in [7, 11) is 0. The average Bonchev–Trinajstić information content (AvgIpc) is 2.84. The van der Waals surface area contributed by atoms with Crippen LogP contribution in [0, 0.1) is 0 Å². The number of hydrogen-bond donors (Lipinski definition) is 1. The summed E-state index contributed by atoms with van der Waals surface area (Å²) in [5, 5.41) is 12.5. The number of carboxylic acids is 1. The Morgan fingerprint density at radius 3 is 3.00 bits per heavy atom. The Labute approximate surface area is 119 Å². The highest BCUT2D eigenvalue weighted by Gasteiger charge is 2.08. The second-order valence-corrected chi connectivity index (χ2v) is 7.09. The fraction of sp³-hybridized carbons (Fsp3) is 0.200. The van der Waals surface area contributed by atoms with Gasteiger partial charge in [-0.1, -0.05) is 11.8 Å². The Morgan fingerprint density at radius 2 is 2.35 bits per heavy atom. The molecule has 0 amide bonds. The molecule has 2 heterocycles. The van der Waals surface area contributed by atoms with E-state index >= 15 is 0 Å². The lowest BCUT2D eigenvalue weighted by Crippen LogP contribution is -1.99. The predicted octanol–water partition coefficient (Wildman–Crippen LogP) is 3.89. The minimum absolute atomic E-state index is 0.000242. The van der Waals surface area contributed by atoms with Gasteiger partial charge in [-0.15, -0.1) is 22.7 Å². The van der Waals surface area contributed by atoms with Crippen LogP contribution < -0.4 is 0 Å². The number of aliphatic carboxylic acids is 1. The molecule has 17 heavy (non-hydrogen) atoms. The Bertz CT molecular complexity index is 523. The smallest absolute Gasteiger partial charge is 0.309 e. The fourth-order valence-electron chi connectivity index (χ4n) is 1.15. The molecule has 0 aliphatic heterocycles. The normalized spacial score (nSPS) is 10.6. The van der Waals surface area contributed by atoms with Crippen molar-refractivity contribution in [3.63, 3.8) is 0 Å². The second kappa shape index (κ2) is 5.99. The molecule has 0 aromatic carbocycles. The van der Waals surface area contributed by atoms with Gasteiger partial charge < -0.3 is 5.11 Å². The molecule has 0 unspecified atom stereocenters. The molecule has 2 aromatic rings. The van der Waals surface area contributed by atoms with Crippen molar-refractivity contribution in [1.29, 1.82) is 0 Å². The van der Waals surface area contributed by atoms with Crippen LogP contribution in [0.5, 0.6) is 0 Å². The van der Waals surface area contributed by atoms with Gasteiger partial charge in [-0.3, -0.25) is 4.79 Å². The summed E-state index contributed by atoms with van der Waals surface area (Å²) in [5.41, 5.74) is 0.634. The number of halogens is 1. The molecule has 0 radical (unpaired) electrons. The lowest BCUT2D eigenvalue weighted by atomic mass is 10.3. The van der Waals surface area contributed by atoms with Crippen molar-refractivity contribution in [2.75, 3.05) is 0 Å². The van der Waals surface area contributed by atoms with Gasteiger partial charge in [0, 0.05) is 20.5 Å². The summed E-state index contributed by atoms with van der Waals surface area (Å²) in [5.74, 6) is 0.0194. The summed E-state index contributed by atoms with van der Waals surface area (Å²) in [6.07, 6.45) is -0.000242. The Kier molecular flexibility index (Phi) is 4.61. The summed E-state index contributed by atoms with van der Waals surface area (Å²) in [6, 6.07) is 2.03. The molecule has 2 rings (SSSR count). The van der Waals surface area contributed by atoms with Crippen LogP contribution in [0.15, 0.2) is 25.6 Å². The minimum atomic E-state index is -0.840. The van der Waals surface area contributed by atoms with Gasteiger partial charge in [-0.2, -0.15) is 0 Å². The first kappa shape index (κ1) is 13.1. The van der Waals surface area contributed by atoms with Crippen molar-refractivity contribution >= 4 is 56.3 Å². The number of aromatic nitrogens is 1. The molecule has 0 spiro atoms. The number of hydrogen-bond acceptors (Lipinski definition) is 5. The molecule has 0 saturated carbocycles. The lowest BCUT2D eigenvalue weighted by Gasteiger charge is -1.95. The molecular weight excluding hydrogens is 342 g/mol. The summed E-state index contributed by atoms with van der Waals surface area (Å²) < 4.78 is 2.04. The zero-order valence-electron chi connectivity index (χ0n) is 8.55. The number of nitrogens with zero attached hydrogens (tertiary/aromatic N) is 1. The van der Waals surface area contributed by atoms with Crippen molar-refractivity contribution in [2.24, 2.45) is 0 Å². The minimum Gasteiger partial charge on any atom is -0.481 e. The largest absolute Gasteiger partial charge is 0.481 e. The van der Waals surface area contributed by atoms with Gasteiger partial charge in [-0.25, -0.2) is 4.98 Å². The maximum Gasteiger partial charge on any atom is 0.309 e. The van der Waals surface area contributed by atoms with Crippen molar-refractivity contribution in [1.82, 2.24) is 4.98 Å². The van der Waals surface area contributed by atoms with Crippen LogP contribution >= 0.6 is 50.4 Å². The van der Waals surface area contributed by atoms with Gasteiger partial charge in [0.05, 0.1) is 12.1 Å². The molecule has 90 valence electrons. The van der Waals surface area contributed by atoms with E-state index in [1.807, 2.05) is 11.4 Å². The molecule has 0 fully saturated rings. The third-order valence-electron chi connectivity index (χ3n) is 1.88. The van der Waals surface area contributed by atoms with Gasteiger partial charge in [-0.05, 0) is 27.4 Å². The second-order valence-electron chi connectivity index (χ2n) is 3.16. The van der Waals surface area contributed by atoms with E-state index in [-0.39, 0.29) is 6.42 Å². The van der Waals surface area contributed by atoms with E-state index in [4.69, 9.17) is 5.11 Å². The van der Waals surface area contributed by atoms with Gasteiger partial charge in [0.1, 0.15) is 4.34 Å². The Balaban J connectivity index is 1.93. The molecule has 3 nitrogen and oxygen atoms in total. The zero-order valence-corrected chi connectivity index (χ0v) is 12.6. The van der Waals surface area contributed by atoms with E-state index in [1.165, 1.54) is 16.2 Å². The molecule has 2 aromatic heterocycles. The SMILES string of the molecule is O=C(O)Cc1csc(SCc2sccc2Br)n1. The maximum atomic E-state index is 10.5. The molecular formula is C10H8BrNO2S3. The molecule has 7 heteroatoms. The molecule has 0 aliphatic rings. The topological polar surface area (TPSA) is 50.2 Å². The number of rotatable bonds is 5. The first-order valence-electron chi connectivity index (χ1n) is 4.66. The predicted molar refractivity (Wildman–Crippen MR) is 75.0 cm³/mol. The van der Waals surface area contributed by atoms with Gasteiger partial charge in [0.2, 0.25) is 0 Å². The maximum absolute atomic E-state index is 10.5. The van der Waals surface area contributed by atoms with Crippen LogP contribution in [-0.4, -0.2) is 16.1 Å². The lowest BCUT2D eigenvalue weighted by molar-refractivity contribution is -0.136. The monoisotopic (exact) mass is 349 g/mol. The number of thioether (sulfide) groups is 1. The van der Waals surface area contributed by atoms with E-state index in [1.54, 1.807) is 28.5 Å². The average molecular weight is 350 g/mol. The summed E-state index contributed by atoms with van der Waals surface area (Å²) >= 11 is 8.31. The van der Waals surface area contributed by atoms with Crippen LogP contribution in [0.1, 0.15) is 10.6 Å². The van der Waals surface area contributed by atoms with E-state index in [2.05, 4.69) is 20.9 Å². The highest BCUT2D eigenvalue weighted by atomic mass is 79.9. The standard InChI is InChI=1S/C10H8BrNO2S3/c11-7-1-2-15-8(7)5-17-10-12-6(4-16-10)3-9(13)14/h1-2,4H,3,5H2,(H,13,14). The molecule has 0 saturated heterocycles. The van der Waals surface area contributed by atoms with Crippen LogP contribution in [0.2, 0.25) is 0 Å². The Morgan fingerprint density at radius 1 is 1.53 bits per heavy atom. The molecule has 0 bridgehead atoms. The van der Waals surface area contributed by atoms with Gasteiger partial charge in [0.25, 0.3) is 0 Å². The number of thiazole rings is 1. The van der Waals surface area contributed by atoms with E-state index < -0.39 is 5.97 Å². The van der Waals surface area contributed by atoms with E-state index in [0.717, 1.165) is 14.6 Å². The highest BCUT2D eigenvalue weighted by Crippen LogP contribution is 2.32. The fourth-order valence-corrected chi connectivity index (χ4v) is 4.79. The number of carboxylic acid groups (broad SMARTS) is 1. The molecule has 0 atom stereocenters. The third kappa shape index (κ3) is 3.80. The van der Waals surface area contributed by atoms with Crippen LogP contribution in [0.4, 0.5) is 0 Å². The first-order valence-corrected chi connectivity index (χ1v) is 8.20. The van der Waals surface area contributed by atoms with Crippen molar-refractivity contribution in [3.8, 4) is 0 Å². The van der Waals surface area contributed by atoms with Crippen molar-refractivity contribution in [2.45, 2.75) is 16.5 Å². The molecule has 1 N–H and O–H groups in total. The van der Waals surface area contributed by atoms with Crippen LogP contribution in [0.3, 0.4) is 0 Å². The van der Waals surface area contributed by atoms with Crippen molar-refractivity contribution < 1.29 is 9.90 Å². The summed E-state index contributed by atoms with van der Waals surface area (Å²) in [6.45, 7) is 0. The van der Waals surface area contributed by atoms with Crippen LogP contribution in [-0.2, 0) is 17.0 Å². The van der Waals surface area contributed by atoms with Crippen LogP contribution in [0.25, 0.3) is 0 Å². The quantitative estimate of drug-likeness (QED) is 0.832. The molecule has 0 aliphatic carbocycles. The third-order valence-corrected chi connectivity index (χ3v) is 6.09. The van der Waals surface area contributed by atoms with E-state index in [9.17, 15) is 4.79 Å². The van der Waals surface area contributed by atoms with Gasteiger partial charge in [0.15, 0.2) is 0 Å². The highest BCUT2D eigenvalue weighted by molar-refractivity contribution is 9.10. The number of carbonyl (C=O) groups is 1. The Hall–Kier alpha value is -0.370. The van der Waals surface area contributed by atoms with E-state index in [0.29, 0.717) is 5.69 Å². The number of thiophene rings is 1. The summed E-state index contributed by atoms with van der Waals surface area (Å²) in [4.78, 5) is 16.1. The van der Waals surface area contributed by atoms with Crippen molar-refractivity contribution in [3.05, 3.63) is 31.9 Å².